The number of nitrogens with one attached hydrogen (secondary N) is 1. The van der Waals surface area contributed by atoms with Gasteiger partial charge in [0, 0.05) is 25.9 Å². The van der Waals surface area contributed by atoms with Crippen molar-refractivity contribution in [1.29, 1.82) is 0 Å². The Morgan fingerprint density at radius 3 is 2.55 bits per heavy atom. The standard InChI is InChI=1S/C20H25N3O6/c24-12-15(19(27)28)21-17(25)8-2-1-5-9-22-18(26)16-10-13-6-3-4-7-14(13)11-23(16)20(22)29/h3-4,6-7,15-16,24H,1-2,5,8-12H2,(H,21,25)(H,27,28)/t15-,16-/m0/s1. The van der Waals surface area contributed by atoms with Gasteiger partial charge in [0.15, 0.2) is 0 Å². The molecule has 0 unspecified atom stereocenters. The summed E-state index contributed by atoms with van der Waals surface area (Å²) < 4.78 is 0. The lowest BCUT2D eigenvalue weighted by Gasteiger charge is -2.28. The minimum Gasteiger partial charge on any atom is -0.480 e. The van der Waals surface area contributed by atoms with Gasteiger partial charge in [0.2, 0.25) is 5.91 Å². The number of nitrogens with zero attached hydrogens (tertiary/aromatic N) is 2. The highest BCUT2D eigenvalue weighted by atomic mass is 16.4. The molecule has 0 aliphatic carbocycles. The first-order valence-corrected chi connectivity index (χ1v) is 9.74. The third-order valence-corrected chi connectivity index (χ3v) is 5.38. The quantitative estimate of drug-likeness (QED) is 0.407. The highest BCUT2D eigenvalue weighted by Crippen LogP contribution is 2.30. The van der Waals surface area contributed by atoms with Gasteiger partial charge in [-0.05, 0) is 24.0 Å². The molecule has 9 nitrogen and oxygen atoms in total. The first kappa shape index (κ1) is 20.8. The Morgan fingerprint density at radius 2 is 1.86 bits per heavy atom. The Bertz CT molecular complexity index is 768. The molecule has 156 valence electrons. The fraction of sp³-hybridized carbons (Fsp3) is 0.500. The molecule has 2 aliphatic rings. The topological polar surface area (TPSA) is 127 Å². The van der Waals surface area contributed by atoms with Crippen LogP contribution >= 0.6 is 0 Å². The monoisotopic (exact) mass is 403 g/mol. The Labute approximate surface area is 168 Å². The fourth-order valence-electron chi connectivity index (χ4n) is 3.76. The molecule has 2 heterocycles. The van der Waals surface area contributed by atoms with Crippen LogP contribution in [-0.2, 0) is 27.3 Å². The van der Waals surface area contributed by atoms with Crippen molar-refractivity contribution in [1.82, 2.24) is 15.1 Å². The van der Waals surface area contributed by atoms with Gasteiger partial charge in [-0.3, -0.25) is 14.5 Å². The number of hydrogen-bond acceptors (Lipinski definition) is 5. The summed E-state index contributed by atoms with van der Waals surface area (Å²) in [5.41, 5.74) is 2.17. The molecule has 2 aliphatic heterocycles. The van der Waals surface area contributed by atoms with Gasteiger partial charge < -0.3 is 20.4 Å². The van der Waals surface area contributed by atoms with Crippen molar-refractivity contribution >= 4 is 23.8 Å². The third-order valence-electron chi connectivity index (χ3n) is 5.38. The normalized spacial score (nSPS) is 19.0. The Morgan fingerprint density at radius 1 is 1.14 bits per heavy atom. The number of carbonyl (C=O) groups is 4. The zero-order valence-electron chi connectivity index (χ0n) is 16.0. The summed E-state index contributed by atoms with van der Waals surface area (Å²) >= 11 is 0. The lowest BCUT2D eigenvalue weighted by atomic mass is 9.95. The van der Waals surface area contributed by atoms with Gasteiger partial charge in [0.1, 0.15) is 12.1 Å². The smallest absolute Gasteiger partial charge is 0.328 e. The van der Waals surface area contributed by atoms with E-state index < -0.39 is 30.6 Å². The molecular weight excluding hydrogens is 378 g/mol. The van der Waals surface area contributed by atoms with E-state index in [1.807, 2.05) is 24.3 Å². The zero-order valence-corrected chi connectivity index (χ0v) is 16.0. The first-order chi connectivity index (χ1) is 13.9. The summed E-state index contributed by atoms with van der Waals surface area (Å²) in [7, 11) is 0. The number of carboxylic acids is 1. The number of carboxylic acid groups (broad SMARTS) is 1. The van der Waals surface area contributed by atoms with E-state index in [1.165, 1.54) is 4.90 Å². The van der Waals surface area contributed by atoms with E-state index in [0.717, 1.165) is 11.1 Å². The third kappa shape index (κ3) is 4.56. The van der Waals surface area contributed by atoms with E-state index in [1.54, 1.807) is 4.90 Å². The maximum Gasteiger partial charge on any atom is 0.328 e. The highest BCUT2D eigenvalue weighted by Gasteiger charge is 2.46. The number of hydrogen-bond donors (Lipinski definition) is 3. The van der Waals surface area contributed by atoms with Gasteiger partial charge in [-0.25, -0.2) is 9.59 Å². The molecule has 3 rings (SSSR count). The van der Waals surface area contributed by atoms with Gasteiger partial charge >= 0.3 is 12.0 Å². The molecule has 0 radical (unpaired) electrons. The lowest BCUT2D eigenvalue weighted by Crippen LogP contribution is -2.43. The summed E-state index contributed by atoms with van der Waals surface area (Å²) in [5, 5.41) is 19.9. The Kier molecular flexibility index (Phi) is 6.48. The SMILES string of the molecule is O=C(CCCCCN1C(=O)[C@@H]2Cc3ccccc3CN2C1=O)N[C@@H](CO)C(=O)O. The molecule has 2 atom stereocenters. The minimum atomic E-state index is -1.30. The molecule has 1 aromatic carbocycles. The maximum atomic E-state index is 12.7. The van der Waals surface area contributed by atoms with Crippen LogP contribution in [-0.4, -0.2) is 69.1 Å². The second-order valence-electron chi connectivity index (χ2n) is 7.34. The molecule has 29 heavy (non-hydrogen) atoms. The number of aliphatic hydroxyl groups excluding tert-OH is 1. The van der Waals surface area contributed by atoms with Crippen LogP contribution in [0, 0.1) is 0 Å². The fourth-order valence-corrected chi connectivity index (χ4v) is 3.76. The Hall–Kier alpha value is -2.94. The van der Waals surface area contributed by atoms with Crippen molar-refractivity contribution in [3.05, 3.63) is 35.4 Å². The van der Waals surface area contributed by atoms with Crippen LogP contribution in [0.4, 0.5) is 4.79 Å². The molecule has 0 spiro atoms. The van der Waals surface area contributed by atoms with Crippen molar-refractivity contribution < 1.29 is 29.4 Å². The number of aliphatic hydroxyl groups is 1. The van der Waals surface area contributed by atoms with Gasteiger partial charge in [0.05, 0.1) is 6.61 Å². The number of fused-ring (bicyclic) bond motifs is 2. The molecule has 0 bridgehead atoms. The predicted octanol–water partition coefficient (Wildman–Crippen LogP) is 0.498. The van der Waals surface area contributed by atoms with Crippen molar-refractivity contribution in [2.75, 3.05) is 13.2 Å². The number of imide groups is 1. The zero-order chi connectivity index (χ0) is 21.0. The van der Waals surface area contributed by atoms with E-state index in [0.29, 0.717) is 38.8 Å². The first-order valence-electron chi connectivity index (χ1n) is 9.74. The van der Waals surface area contributed by atoms with Crippen LogP contribution in [0.1, 0.15) is 36.8 Å². The summed E-state index contributed by atoms with van der Waals surface area (Å²) in [4.78, 5) is 50.7. The number of carbonyl (C=O) groups excluding carboxylic acids is 3. The molecule has 1 aromatic rings. The van der Waals surface area contributed by atoms with Gasteiger partial charge in [-0.1, -0.05) is 30.7 Å². The summed E-state index contributed by atoms with van der Waals surface area (Å²) in [6.07, 6.45) is 2.34. The van der Waals surface area contributed by atoms with E-state index >= 15 is 0 Å². The maximum absolute atomic E-state index is 12.7. The lowest BCUT2D eigenvalue weighted by molar-refractivity contribution is -0.143. The highest BCUT2D eigenvalue weighted by molar-refractivity contribution is 6.04. The van der Waals surface area contributed by atoms with Crippen molar-refractivity contribution in [3.8, 4) is 0 Å². The van der Waals surface area contributed by atoms with Gasteiger partial charge in [0.25, 0.3) is 5.91 Å². The second kappa shape index (κ2) is 9.04. The van der Waals surface area contributed by atoms with Crippen molar-refractivity contribution in [3.63, 3.8) is 0 Å². The largest absolute Gasteiger partial charge is 0.480 e. The van der Waals surface area contributed by atoms with E-state index in [2.05, 4.69) is 5.32 Å². The molecule has 1 saturated heterocycles. The number of aliphatic carboxylic acids is 1. The van der Waals surface area contributed by atoms with Crippen LogP contribution in [0.15, 0.2) is 24.3 Å². The average molecular weight is 403 g/mol. The Balaban J connectivity index is 1.43. The van der Waals surface area contributed by atoms with Crippen LogP contribution < -0.4 is 5.32 Å². The number of unbranched alkanes of at least 4 members (excludes halogenated alkanes) is 2. The summed E-state index contributed by atoms with van der Waals surface area (Å²) in [5.74, 6) is -1.91. The molecule has 4 amide bonds. The van der Waals surface area contributed by atoms with Gasteiger partial charge in [-0.2, -0.15) is 0 Å². The minimum absolute atomic E-state index is 0.121. The summed E-state index contributed by atoms with van der Waals surface area (Å²) in [6.45, 7) is 0.0799. The van der Waals surface area contributed by atoms with Crippen molar-refractivity contribution in [2.24, 2.45) is 0 Å². The van der Waals surface area contributed by atoms with Crippen molar-refractivity contribution in [2.45, 2.75) is 50.7 Å². The molecule has 3 N–H and O–H groups in total. The average Bonchev–Trinajstić information content (AvgIpc) is 2.94. The van der Waals surface area contributed by atoms with Crippen LogP contribution in [0.2, 0.25) is 0 Å². The number of amides is 4. The van der Waals surface area contributed by atoms with E-state index in [4.69, 9.17) is 10.2 Å². The molecule has 1 fully saturated rings. The van der Waals surface area contributed by atoms with Crippen LogP contribution in [0.25, 0.3) is 0 Å². The van der Waals surface area contributed by atoms with E-state index in [-0.39, 0.29) is 18.4 Å². The second-order valence-corrected chi connectivity index (χ2v) is 7.34. The van der Waals surface area contributed by atoms with Crippen LogP contribution in [0.5, 0.6) is 0 Å². The molecule has 0 saturated carbocycles. The number of urea groups is 1. The van der Waals surface area contributed by atoms with Crippen LogP contribution in [0.3, 0.4) is 0 Å². The molecular formula is C20H25N3O6. The number of rotatable bonds is 9. The molecule has 0 aromatic heterocycles. The van der Waals surface area contributed by atoms with Gasteiger partial charge in [-0.15, -0.1) is 0 Å². The molecule has 9 heteroatoms. The summed E-state index contributed by atoms with van der Waals surface area (Å²) in [6, 6.07) is 5.82. The van der Waals surface area contributed by atoms with E-state index in [9.17, 15) is 19.2 Å². The number of benzene rings is 1. The predicted molar refractivity (Wildman–Crippen MR) is 102 cm³/mol.